The van der Waals surface area contributed by atoms with E-state index in [0.717, 1.165) is 12.8 Å². The summed E-state index contributed by atoms with van der Waals surface area (Å²) in [7, 11) is 0. The molecular formula is C17H24N2O3. The summed E-state index contributed by atoms with van der Waals surface area (Å²) in [4.78, 5) is 24.6. The molecule has 5 nitrogen and oxygen atoms in total. The van der Waals surface area contributed by atoms with E-state index in [9.17, 15) is 14.9 Å². The molecule has 120 valence electrons. The van der Waals surface area contributed by atoms with Crippen LogP contribution in [0.1, 0.15) is 46.1 Å². The monoisotopic (exact) mass is 304 g/mol. The van der Waals surface area contributed by atoms with Crippen molar-refractivity contribution in [2.24, 2.45) is 0 Å². The van der Waals surface area contributed by atoms with Crippen molar-refractivity contribution in [3.05, 3.63) is 46.0 Å². The SMILES string of the molecule is CC[C@H](C)N(C(=O)/C=C/c1cccc([N+](=O)[O-])c1)[C@@H](C)CC. The number of nitrogens with zero attached hydrogens (tertiary/aromatic N) is 2. The Morgan fingerprint density at radius 3 is 2.36 bits per heavy atom. The Kier molecular flexibility index (Phi) is 6.76. The third-order valence-electron chi connectivity index (χ3n) is 3.89. The second-order valence-electron chi connectivity index (χ2n) is 5.45. The molecule has 0 saturated carbocycles. The number of hydrogen-bond acceptors (Lipinski definition) is 3. The van der Waals surface area contributed by atoms with Crippen molar-refractivity contribution in [1.82, 2.24) is 4.90 Å². The van der Waals surface area contributed by atoms with Gasteiger partial charge in [0.2, 0.25) is 5.91 Å². The van der Waals surface area contributed by atoms with Gasteiger partial charge >= 0.3 is 0 Å². The highest BCUT2D eigenvalue weighted by Crippen LogP contribution is 2.16. The van der Waals surface area contributed by atoms with Crippen molar-refractivity contribution in [1.29, 1.82) is 0 Å². The van der Waals surface area contributed by atoms with Crippen molar-refractivity contribution >= 4 is 17.7 Å². The minimum absolute atomic E-state index is 0.0234. The minimum Gasteiger partial charge on any atom is -0.334 e. The molecular weight excluding hydrogens is 280 g/mol. The first-order valence-electron chi connectivity index (χ1n) is 7.65. The molecule has 0 aromatic heterocycles. The first-order chi connectivity index (χ1) is 10.4. The van der Waals surface area contributed by atoms with E-state index in [1.54, 1.807) is 18.2 Å². The topological polar surface area (TPSA) is 63.5 Å². The fraction of sp³-hybridized carbons (Fsp3) is 0.471. The summed E-state index contributed by atoms with van der Waals surface area (Å²) in [6.45, 7) is 8.17. The fourth-order valence-electron chi connectivity index (χ4n) is 2.26. The van der Waals surface area contributed by atoms with Crippen molar-refractivity contribution in [2.75, 3.05) is 0 Å². The summed E-state index contributed by atoms with van der Waals surface area (Å²) in [6.07, 6.45) is 4.91. The molecule has 1 amide bonds. The van der Waals surface area contributed by atoms with Crippen molar-refractivity contribution in [2.45, 2.75) is 52.6 Å². The molecule has 0 aliphatic rings. The third kappa shape index (κ3) is 4.69. The number of hydrogen-bond donors (Lipinski definition) is 0. The number of nitro benzene ring substituents is 1. The van der Waals surface area contributed by atoms with Gasteiger partial charge in [-0.25, -0.2) is 0 Å². The summed E-state index contributed by atoms with van der Waals surface area (Å²) < 4.78 is 0. The molecule has 5 heteroatoms. The zero-order valence-electron chi connectivity index (χ0n) is 13.7. The maximum absolute atomic E-state index is 12.4. The summed E-state index contributed by atoms with van der Waals surface area (Å²) in [5.41, 5.74) is 0.672. The van der Waals surface area contributed by atoms with E-state index in [1.165, 1.54) is 18.2 Å². The van der Waals surface area contributed by atoms with E-state index in [4.69, 9.17) is 0 Å². The van der Waals surface area contributed by atoms with Crippen LogP contribution < -0.4 is 0 Å². The van der Waals surface area contributed by atoms with E-state index in [2.05, 4.69) is 13.8 Å². The Morgan fingerprint density at radius 2 is 1.86 bits per heavy atom. The predicted molar refractivity (Wildman–Crippen MR) is 88.5 cm³/mol. The molecule has 22 heavy (non-hydrogen) atoms. The van der Waals surface area contributed by atoms with E-state index in [1.807, 2.05) is 18.7 Å². The lowest BCUT2D eigenvalue weighted by Gasteiger charge is -2.33. The molecule has 0 aliphatic carbocycles. The molecule has 0 saturated heterocycles. The lowest BCUT2D eigenvalue weighted by atomic mass is 10.1. The smallest absolute Gasteiger partial charge is 0.270 e. The van der Waals surface area contributed by atoms with E-state index >= 15 is 0 Å². The van der Waals surface area contributed by atoms with Gasteiger partial charge in [-0.3, -0.25) is 14.9 Å². The highest BCUT2D eigenvalue weighted by molar-refractivity contribution is 5.92. The van der Waals surface area contributed by atoms with Gasteiger partial charge < -0.3 is 4.90 Å². The Hall–Kier alpha value is -2.17. The Balaban J connectivity index is 2.93. The van der Waals surface area contributed by atoms with Crippen LogP contribution in [0.2, 0.25) is 0 Å². The summed E-state index contributed by atoms with van der Waals surface area (Å²) >= 11 is 0. The van der Waals surface area contributed by atoms with Crippen molar-refractivity contribution < 1.29 is 9.72 Å². The van der Waals surface area contributed by atoms with Gasteiger partial charge in [-0.2, -0.15) is 0 Å². The Bertz CT molecular complexity index is 545. The van der Waals surface area contributed by atoms with Crippen molar-refractivity contribution in [3.63, 3.8) is 0 Å². The first kappa shape index (κ1) is 17.9. The number of rotatable bonds is 7. The Morgan fingerprint density at radius 1 is 1.27 bits per heavy atom. The summed E-state index contributed by atoms with van der Waals surface area (Å²) in [5.74, 6) is -0.0600. The van der Waals surface area contributed by atoms with Gasteiger partial charge in [0.05, 0.1) is 4.92 Å². The van der Waals surface area contributed by atoms with Crippen LogP contribution in [-0.4, -0.2) is 27.8 Å². The number of amides is 1. The van der Waals surface area contributed by atoms with Crippen LogP contribution in [0.25, 0.3) is 6.08 Å². The highest BCUT2D eigenvalue weighted by Gasteiger charge is 2.21. The molecule has 0 heterocycles. The quantitative estimate of drug-likeness (QED) is 0.434. The van der Waals surface area contributed by atoms with Gasteiger partial charge in [-0.1, -0.05) is 26.0 Å². The fourth-order valence-corrected chi connectivity index (χ4v) is 2.26. The predicted octanol–water partition coefficient (Wildman–Crippen LogP) is 4.03. The molecule has 0 bridgehead atoms. The van der Waals surface area contributed by atoms with Gasteiger partial charge in [0.1, 0.15) is 0 Å². The standard InChI is InChI=1S/C17H24N2O3/c1-5-13(3)18(14(4)6-2)17(20)11-10-15-8-7-9-16(12-15)19(21)22/h7-14H,5-6H2,1-4H3/b11-10+/t13-,14-/m0/s1. The van der Waals surface area contributed by atoms with Crippen LogP contribution in [0, 0.1) is 10.1 Å². The molecule has 1 rings (SSSR count). The van der Waals surface area contributed by atoms with Crippen LogP contribution in [0.3, 0.4) is 0 Å². The molecule has 0 unspecified atom stereocenters. The van der Waals surface area contributed by atoms with E-state index in [0.29, 0.717) is 5.56 Å². The minimum atomic E-state index is -0.441. The molecule has 1 aromatic rings. The Labute approximate surface area is 131 Å². The number of non-ortho nitro benzene ring substituents is 1. The van der Waals surface area contributed by atoms with E-state index < -0.39 is 4.92 Å². The molecule has 0 N–H and O–H groups in total. The molecule has 1 aromatic carbocycles. The number of nitro groups is 1. The lowest BCUT2D eigenvalue weighted by Crippen LogP contribution is -2.43. The second kappa shape index (κ2) is 8.32. The maximum Gasteiger partial charge on any atom is 0.270 e. The van der Waals surface area contributed by atoms with Crippen LogP contribution in [0.4, 0.5) is 5.69 Å². The second-order valence-corrected chi connectivity index (χ2v) is 5.45. The lowest BCUT2D eigenvalue weighted by molar-refractivity contribution is -0.384. The van der Waals surface area contributed by atoms with E-state index in [-0.39, 0.29) is 23.7 Å². The van der Waals surface area contributed by atoms with Crippen molar-refractivity contribution in [3.8, 4) is 0 Å². The van der Waals surface area contributed by atoms with Gasteiger partial charge in [0.15, 0.2) is 0 Å². The van der Waals surface area contributed by atoms with Crippen LogP contribution in [0.5, 0.6) is 0 Å². The average molecular weight is 304 g/mol. The zero-order chi connectivity index (χ0) is 16.7. The highest BCUT2D eigenvalue weighted by atomic mass is 16.6. The normalized spacial score (nSPS) is 13.8. The number of carbonyl (C=O) groups is 1. The average Bonchev–Trinajstić information content (AvgIpc) is 2.52. The summed E-state index contributed by atoms with van der Waals surface area (Å²) in [5, 5.41) is 10.8. The molecule has 2 atom stereocenters. The largest absolute Gasteiger partial charge is 0.334 e. The molecule has 0 aliphatic heterocycles. The van der Waals surface area contributed by atoms with Crippen LogP contribution >= 0.6 is 0 Å². The zero-order valence-corrected chi connectivity index (χ0v) is 13.7. The number of benzene rings is 1. The first-order valence-corrected chi connectivity index (χ1v) is 7.65. The van der Waals surface area contributed by atoms with Gasteiger partial charge in [0, 0.05) is 30.3 Å². The van der Waals surface area contributed by atoms with Gasteiger partial charge in [-0.05, 0) is 38.3 Å². The van der Waals surface area contributed by atoms with Crippen LogP contribution in [0.15, 0.2) is 30.3 Å². The van der Waals surface area contributed by atoms with Gasteiger partial charge in [0.25, 0.3) is 5.69 Å². The molecule has 0 radical (unpaired) electrons. The third-order valence-corrected chi connectivity index (χ3v) is 3.89. The summed E-state index contributed by atoms with van der Waals surface area (Å²) in [6, 6.07) is 6.58. The number of carbonyl (C=O) groups excluding carboxylic acids is 1. The molecule has 0 spiro atoms. The molecule has 0 fully saturated rings. The van der Waals surface area contributed by atoms with Crippen LogP contribution in [-0.2, 0) is 4.79 Å². The van der Waals surface area contributed by atoms with Gasteiger partial charge in [-0.15, -0.1) is 0 Å². The maximum atomic E-state index is 12.4.